The van der Waals surface area contributed by atoms with Crippen LogP contribution in [0.4, 0.5) is 11.4 Å². The lowest BCUT2D eigenvalue weighted by atomic mass is 9.98. The number of nitro benzene ring substituents is 1. The number of carbonyl (C=O) groups is 1. The van der Waals surface area contributed by atoms with Gasteiger partial charge in [0, 0.05) is 34.0 Å². The van der Waals surface area contributed by atoms with Crippen LogP contribution in [0.25, 0.3) is 22.4 Å². The van der Waals surface area contributed by atoms with Gasteiger partial charge in [0.1, 0.15) is 11.1 Å². The second-order valence-corrected chi connectivity index (χ2v) is 11.1. The average molecular weight is 605 g/mol. The van der Waals surface area contributed by atoms with E-state index in [1.54, 1.807) is 29.2 Å². The smallest absolute Gasteiger partial charge is 0.269 e. The number of carbonyl (C=O) groups excluding carboxylic acids is 1. The van der Waals surface area contributed by atoms with Crippen molar-refractivity contribution in [3.05, 3.63) is 141 Å². The average Bonchev–Trinajstić information content (AvgIpc) is 3.03. The highest BCUT2D eigenvalue weighted by Crippen LogP contribution is 2.35. The van der Waals surface area contributed by atoms with Crippen molar-refractivity contribution < 1.29 is 9.72 Å². The number of halogens is 1. The molecule has 0 aliphatic carbocycles. The van der Waals surface area contributed by atoms with Gasteiger partial charge in [0.2, 0.25) is 5.91 Å². The molecule has 0 saturated carbocycles. The first-order valence-electron chi connectivity index (χ1n) is 13.3. The van der Waals surface area contributed by atoms with Gasteiger partial charge in [-0.15, -0.1) is 0 Å². The molecule has 1 heterocycles. The number of thioether (sulfide) groups is 1. The molecule has 0 N–H and O–H groups in total. The first kappa shape index (κ1) is 29.5. The third kappa shape index (κ3) is 7.09. The number of hydrogen-bond donors (Lipinski definition) is 0. The Balaban J connectivity index is 1.50. The summed E-state index contributed by atoms with van der Waals surface area (Å²) in [7, 11) is 0. The van der Waals surface area contributed by atoms with E-state index in [1.807, 2.05) is 79.7 Å². The minimum absolute atomic E-state index is 0.0160. The Morgan fingerprint density at radius 3 is 2.26 bits per heavy atom. The highest BCUT2D eigenvalue weighted by molar-refractivity contribution is 8.00. The molecule has 0 bridgehead atoms. The molecule has 0 atom stereocenters. The summed E-state index contributed by atoms with van der Waals surface area (Å²) < 4.78 is 0. The van der Waals surface area contributed by atoms with Gasteiger partial charge in [-0.2, -0.15) is 5.26 Å². The number of aryl methyl sites for hydroxylation is 1. The molecule has 0 unspecified atom stereocenters. The van der Waals surface area contributed by atoms with E-state index in [0.717, 1.165) is 27.8 Å². The summed E-state index contributed by atoms with van der Waals surface area (Å²) in [6.45, 7) is 2.23. The third-order valence-corrected chi connectivity index (χ3v) is 8.00. The number of nitrogens with zero attached hydrogens (tertiary/aromatic N) is 4. The van der Waals surface area contributed by atoms with Gasteiger partial charge in [-0.05, 0) is 48.4 Å². The van der Waals surface area contributed by atoms with Crippen molar-refractivity contribution in [1.29, 1.82) is 5.26 Å². The SMILES string of the molecule is Cc1ccc(-c2cc(-c3ccccc3)nc(SCC(=O)N(Cc3ccc(Cl)cc3)c3ccc([N+](=O)[O-])cc3)c2C#N)cc1. The highest BCUT2D eigenvalue weighted by Gasteiger charge is 2.21. The summed E-state index contributed by atoms with van der Waals surface area (Å²) in [6.07, 6.45) is 0. The van der Waals surface area contributed by atoms with Crippen molar-refractivity contribution >= 4 is 40.6 Å². The number of hydrogen-bond acceptors (Lipinski definition) is 6. The maximum absolute atomic E-state index is 13.8. The zero-order valence-electron chi connectivity index (χ0n) is 23.1. The lowest BCUT2D eigenvalue weighted by Crippen LogP contribution is -2.32. The molecule has 0 fully saturated rings. The molecule has 0 radical (unpaired) electrons. The van der Waals surface area contributed by atoms with Crippen LogP contribution in [0.15, 0.2) is 114 Å². The van der Waals surface area contributed by atoms with Crippen LogP contribution >= 0.6 is 23.4 Å². The van der Waals surface area contributed by atoms with Gasteiger partial charge in [-0.3, -0.25) is 14.9 Å². The van der Waals surface area contributed by atoms with E-state index in [9.17, 15) is 20.2 Å². The number of nitriles is 1. The van der Waals surface area contributed by atoms with Crippen LogP contribution in [0.3, 0.4) is 0 Å². The van der Waals surface area contributed by atoms with Gasteiger partial charge in [-0.25, -0.2) is 4.98 Å². The maximum Gasteiger partial charge on any atom is 0.269 e. The van der Waals surface area contributed by atoms with E-state index >= 15 is 0 Å². The molecule has 0 saturated heterocycles. The monoisotopic (exact) mass is 604 g/mol. The molecular formula is C34H25ClN4O3S. The molecular weight excluding hydrogens is 580 g/mol. The molecule has 1 amide bonds. The Hall–Kier alpha value is -4.97. The van der Waals surface area contributed by atoms with Gasteiger partial charge >= 0.3 is 0 Å². The number of non-ortho nitro benzene ring substituents is 1. The van der Waals surface area contributed by atoms with E-state index in [-0.39, 0.29) is 23.9 Å². The van der Waals surface area contributed by atoms with Crippen LogP contribution in [0.2, 0.25) is 5.02 Å². The maximum atomic E-state index is 13.8. The highest BCUT2D eigenvalue weighted by atomic mass is 35.5. The summed E-state index contributed by atoms with van der Waals surface area (Å²) in [5.41, 5.74) is 5.98. The summed E-state index contributed by atoms with van der Waals surface area (Å²) in [4.78, 5) is 30.9. The van der Waals surface area contributed by atoms with E-state index in [1.165, 1.54) is 23.9 Å². The van der Waals surface area contributed by atoms with Crippen LogP contribution in [-0.2, 0) is 11.3 Å². The topological polar surface area (TPSA) is 100 Å². The fraction of sp³-hybridized carbons (Fsp3) is 0.0882. The first-order chi connectivity index (χ1) is 20.8. The Kier molecular flexibility index (Phi) is 9.16. The molecule has 0 spiro atoms. The first-order valence-corrected chi connectivity index (χ1v) is 14.7. The van der Waals surface area contributed by atoms with Crippen molar-refractivity contribution in [3.63, 3.8) is 0 Å². The molecule has 43 heavy (non-hydrogen) atoms. The van der Waals surface area contributed by atoms with E-state index in [4.69, 9.17) is 16.6 Å². The minimum atomic E-state index is -0.481. The quantitative estimate of drug-likeness (QED) is 0.0950. The summed E-state index contributed by atoms with van der Waals surface area (Å²) in [5.74, 6) is -0.265. The lowest BCUT2D eigenvalue weighted by Gasteiger charge is -2.23. The van der Waals surface area contributed by atoms with Crippen LogP contribution < -0.4 is 4.90 Å². The predicted molar refractivity (Wildman–Crippen MR) is 171 cm³/mol. The molecule has 5 rings (SSSR count). The second kappa shape index (κ2) is 13.3. The van der Waals surface area contributed by atoms with Crippen molar-refractivity contribution in [2.45, 2.75) is 18.5 Å². The van der Waals surface area contributed by atoms with Crippen LogP contribution in [0.1, 0.15) is 16.7 Å². The lowest BCUT2D eigenvalue weighted by molar-refractivity contribution is -0.384. The number of amides is 1. The Morgan fingerprint density at radius 1 is 0.953 bits per heavy atom. The van der Waals surface area contributed by atoms with Crippen molar-refractivity contribution in [2.75, 3.05) is 10.7 Å². The number of nitro groups is 1. The number of rotatable bonds is 9. The predicted octanol–water partition coefficient (Wildman–Crippen LogP) is 8.48. The van der Waals surface area contributed by atoms with Gasteiger partial charge in [0.15, 0.2) is 0 Å². The molecule has 5 aromatic rings. The van der Waals surface area contributed by atoms with Crippen molar-refractivity contribution in [2.24, 2.45) is 0 Å². The Labute approximate surface area is 258 Å². The Bertz CT molecular complexity index is 1810. The standard InChI is InChI=1S/C34H25ClN4O3S/c1-23-7-11-25(12-8-23)30-19-32(26-5-3-2-4-6-26)37-34(31(30)20-36)43-22-33(40)38(21-24-9-13-27(35)14-10-24)28-15-17-29(18-16-28)39(41)42/h2-19H,21-22H2,1H3. The Morgan fingerprint density at radius 2 is 1.63 bits per heavy atom. The van der Waals surface area contributed by atoms with Crippen molar-refractivity contribution in [1.82, 2.24) is 4.98 Å². The second-order valence-electron chi connectivity index (χ2n) is 9.75. The minimum Gasteiger partial charge on any atom is -0.307 e. The summed E-state index contributed by atoms with van der Waals surface area (Å²) in [6, 6.07) is 34.9. The van der Waals surface area contributed by atoms with Gasteiger partial charge in [0.05, 0.1) is 28.5 Å². The fourth-order valence-electron chi connectivity index (χ4n) is 4.51. The number of aromatic nitrogens is 1. The van der Waals surface area contributed by atoms with Crippen LogP contribution in [0, 0.1) is 28.4 Å². The molecule has 7 nitrogen and oxygen atoms in total. The summed E-state index contributed by atoms with van der Waals surface area (Å²) >= 11 is 7.25. The largest absolute Gasteiger partial charge is 0.307 e. The van der Waals surface area contributed by atoms with Crippen LogP contribution in [0.5, 0.6) is 0 Å². The zero-order chi connectivity index (χ0) is 30.3. The van der Waals surface area contributed by atoms with E-state index in [0.29, 0.717) is 27.0 Å². The van der Waals surface area contributed by atoms with Gasteiger partial charge in [0.25, 0.3) is 5.69 Å². The third-order valence-electron chi connectivity index (χ3n) is 6.79. The van der Waals surface area contributed by atoms with Crippen LogP contribution in [-0.4, -0.2) is 21.6 Å². The van der Waals surface area contributed by atoms with E-state index in [2.05, 4.69) is 6.07 Å². The molecule has 4 aromatic carbocycles. The number of anilines is 1. The van der Waals surface area contributed by atoms with Gasteiger partial charge in [-0.1, -0.05) is 95.7 Å². The fourth-order valence-corrected chi connectivity index (χ4v) is 5.51. The van der Waals surface area contributed by atoms with Crippen molar-refractivity contribution in [3.8, 4) is 28.5 Å². The summed E-state index contributed by atoms with van der Waals surface area (Å²) in [5, 5.41) is 22.5. The number of pyridine rings is 1. The van der Waals surface area contributed by atoms with Gasteiger partial charge < -0.3 is 4.90 Å². The molecule has 0 aliphatic rings. The zero-order valence-corrected chi connectivity index (χ0v) is 24.7. The normalized spacial score (nSPS) is 10.6. The molecule has 0 aliphatic heterocycles. The molecule has 1 aromatic heterocycles. The van der Waals surface area contributed by atoms with E-state index < -0.39 is 4.92 Å². The molecule has 212 valence electrons. The molecule has 9 heteroatoms. The number of benzene rings is 4.